The topological polar surface area (TPSA) is 60.0 Å². The lowest BCUT2D eigenvalue weighted by molar-refractivity contribution is -0.117. The summed E-state index contributed by atoms with van der Waals surface area (Å²) in [6.07, 6.45) is 0. The Bertz CT molecular complexity index is 718. The summed E-state index contributed by atoms with van der Waals surface area (Å²) in [5.41, 5.74) is 1.69. The summed E-state index contributed by atoms with van der Waals surface area (Å²) in [5.74, 6) is 2.08. The van der Waals surface area contributed by atoms with Gasteiger partial charge in [0, 0.05) is 29.9 Å². The molecule has 0 aliphatic rings. The molecule has 0 saturated heterocycles. The molecule has 1 amide bonds. The molecule has 2 aromatic carbocycles. The van der Waals surface area contributed by atoms with Crippen LogP contribution >= 0.6 is 0 Å². The quantitative estimate of drug-likeness (QED) is 0.798. The minimum atomic E-state index is -0.0942. The van der Waals surface area contributed by atoms with Crippen LogP contribution in [0.3, 0.4) is 0 Å². The number of amides is 1. The lowest BCUT2D eigenvalue weighted by Gasteiger charge is -2.18. The van der Waals surface area contributed by atoms with Gasteiger partial charge in [-0.1, -0.05) is 12.1 Å². The zero-order chi connectivity index (χ0) is 18.2. The van der Waals surface area contributed by atoms with Crippen LogP contribution in [0.15, 0.2) is 42.5 Å². The van der Waals surface area contributed by atoms with Gasteiger partial charge in [0.05, 0.1) is 27.9 Å². The first-order valence-electron chi connectivity index (χ1n) is 7.89. The van der Waals surface area contributed by atoms with Gasteiger partial charge in [0.25, 0.3) is 0 Å². The summed E-state index contributed by atoms with van der Waals surface area (Å²) < 4.78 is 15.7. The monoisotopic (exact) mass is 344 g/mol. The summed E-state index contributed by atoms with van der Waals surface area (Å²) >= 11 is 0. The van der Waals surface area contributed by atoms with Gasteiger partial charge in [0.15, 0.2) is 0 Å². The highest BCUT2D eigenvalue weighted by Gasteiger charge is 2.11. The molecule has 0 aliphatic carbocycles. The van der Waals surface area contributed by atoms with E-state index in [1.165, 1.54) is 0 Å². The van der Waals surface area contributed by atoms with Crippen LogP contribution in [0.1, 0.15) is 5.56 Å². The normalized spacial score (nSPS) is 10.4. The third-order valence-electron chi connectivity index (χ3n) is 3.70. The van der Waals surface area contributed by atoms with Crippen molar-refractivity contribution < 1.29 is 19.0 Å². The first-order chi connectivity index (χ1) is 12.0. The fourth-order valence-electron chi connectivity index (χ4n) is 2.48. The maximum atomic E-state index is 12.2. The lowest BCUT2D eigenvalue weighted by atomic mass is 10.2. The molecule has 0 unspecified atom stereocenters. The maximum absolute atomic E-state index is 12.2. The molecule has 0 aliphatic heterocycles. The summed E-state index contributed by atoms with van der Waals surface area (Å²) in [4.78, 5) is 14.1. The smallest absolute Gasteiger partial charge is 0.238 e. The first-order valence-corrected chi connectivity index (χ1v) is 7.89. The number of nitrogens with zero attached hydrogens (tertiary/aromatic N) is 1. The fourth-order valence-corrected chi connectivity index (χ4v) is 2.48. The van der Waals surface area contributed by atoms with E-state index >= 15 is 0 Å². The molecule has 6 nitrogen and oxygen atoms in total. The number of likely N-dealkylation sites (N-methyl/N-ethyl adjacent to an activating group) is 1. The van der Waals surface area contributed by atoms with Gasteiger partial charge < -0.3 is 19.5 Å². The highest BCUT2D eigenvalue weighted by Crippen LogP contribution is 2.25. The van der Waals surface area contributed by atoms with Crippen molar-refractivity contribution in [3.63, 3.8) is 0 Å². The number of ether oxygens (including phenoxy) is 3. The van der Waals surface area contributed by atoms with Crippen molar-refractivity contribution in [1.82, 2.24) is 4.90 Å². The van der Waals surface area contributed by atoms with Gasteiger partial charge in [-0.3, -0.25) is 9.69 Å². The number of carbonyl (C=O) groups is 1. The summed E-state index contributed by atoms with van der Waals surface area (Å²) in [6, 6.07) is 12.9. The molecule has 0 atom stereocenters. The van der Waals surface area contributed by atoms with E-state index in [0.717, 1.165) is 17.1 Å². The van der Waals surface area contributed by atoms with Gasteiger partial charge in [0.2, 0.25) is 5.91 Å². The van der Waals surface area contributed by atoms with Crippen LogP contribution in [-0.4, -0.2) is 45.7 Å². The summed E-state index contributed by atoms with van der Waals surface area (Å²) in [5, 5.41) is 2.87. The molecule has 2 aromatic rings. The van der Waals surface area contributed by atoms with Crippen LogP contribution in [0, 0.1) is 0 Å². The van der Waals surface area contributed by atoms with E-state index in [0.29, 0.717) is 18.0 Å². The van der Waals surface area contributed by atoms with Crippen molar-refractivity contribution in [2.24, 2.45) is 0 Å². The van der Waals surface area contributed by atoms with Crippen LogP contribution in [-0.2, 0) is 11.3 Å². The molecular weight excluding hydrogens is 320 g/mol. The third kappa shape index (κ3) is 5.39. The Morgan fingerprint density at radius 2 is 1.72 bits per heavy atom. The molecule has 1 N–H and O–H groups in total. The van der Waals surface area contributed by atoms with E-state index in [2.05, 4.69) is 5.32 Å². The lowest BCUT2D eigenvalue weighted by Crippen LogP contribution is -2.30. The summed E-state index contributed by atoms with van der Waals surface area (Å²) in [6.45, 7) is 0.838. The Morgan fingerprint density at radius 1 is 1.00 bits per heavy atom. The number of hydrogen-bond acceptors (Lipinski definition) is 5. The Morgan fingerprint density at radius 3 is 2.40 bits per heavy atom. The van der Waals surface area contributed by atoms with Gasteiger partial charge in [-0.2, -0.15) is 0 Å². The van der Waals surface area contributed by atoms with Gasteiger partial charge in [-0.25, -0.2) is 0 Å². The van der Waals surface area contributed by atoms with E-state index < -0.39 is 0 Å². The fraction of sp³-hybridized carbons (Fsp3) is 0.316. The molecule has 0 heterocycles. The molecule has 0 saturated carbocycles. The Balaban J connectivity index is 1.95. The van der Waals surface area contributed by atoms with Crippen molar-refractivity contribution in [2.75, 3.05) is 40.2 Å². The van der Waals surface area contributed by atoms with Crippen molar-refractivity contribution in [3.05, 3.63) is 48.0 Å². The number of benzene rings is 2. The highest BCUT2D eigenvalue weighted by atomic mass is 16.5. The molecule has 0 aromatic heterocycles. The molecule has 0 fully saturated rings. The van der Waals surface area contributed by atoms with Gasteiger partial charge >= 0.3 is 0 Å². The minimum absolute atomic E-state index is 0.0942. The highest BCUT2D eigenvalue weighted by molar-refractivity contribution is 5.92. The number of carbonyl (C=O) groups excluding carboxylic acids is 1. The van der Waals surface area contributed by atoms with E-state index in [-0.39, 0.29) is 12.5 Å². The summed E-state index contributed by atoms with van der Waals surface area (Å²) in [7, 11) is 6.71. The van der Waals surface area contributed by atoms with Crippen LogP contribution in [0.2, 0.25) is 0 Å². The number of anilines is 1. The van der Waals surface area contributed by atoms with Crippen LogP contribution in [0.4, 0.5) is 5.69 Å². The van der Waals surface area contributed by atoms with E-state index in [4.69, 9.17) is 14.2 Å². The Labute approximate surface area is 148 Å². The second kappa shape index (κ2) is 8.94. The van der Waals surface area contributed by atoms with Crippen LogP contribution < -0.4 is 19.5 Å². The van der Waals surface area contributed by atoms with Crippen LogP contribution in [0.5, 0.6) is 17.2 Å². The number of nitrogens with one attached hydrogen (secondary N) is 1. The zero-order valence-corrected chi connectivity index (χ0v) is 15.0. The third-order valence-corrected chi connectivity index (χ3v) is 3.70. The van der Waals surface area contributed by atoms with Crippen LogP contribution in [0.25, 0.3) is 0 Å². The number of methoxy groups -OCH3 is 3. The maximum Gasteiger partial charge on any atom is 0.238 e. The van der Waals surface area contributed by atoms with Gasteiger partial charge in [-0.15, -0.1) is 0 Å². The first kappa shape index (κ1) is 18.6. The van der Waals surface area contributed by atoms with E-state index in [1.54, 1.807) is 27.4 Å². The standard InChI is InChI=1S/C19H24N2O4/c1-21(12-14-8-9-17(24-3)11-18(14)25-4)13-19(22)20-15-6-5-7-16(10-15)23-2/h5-11H,12-13H2,1-4H3,(H,20,22). The average Bonchev–Trinajstić information content (AvgIpc) is 2.61. The molecule has 2 rings (SSSR count). The Kier molecular flexibility index (Phi) is 6.65. The molecule has 0 spiro atoms. The zero-order valence-electron chi connectivity index (χ0n) is 15.0. The molecule has 134 valence electrons. The molecule has 0 bridgehead atoms. The van der Waals surface area contributed by atoms with E-state index in [9.17, 15) is 4.79 Å². The molecule has 0 radical (unpaired) electrons. The van der Waals surface area contributed by atoms with Crippen molar-refractivity contribution in [2.45, 2.75) is 6.54 Å². The average molecular weight is 344 g/mol. The second-order valence-electron chi connectivity index (χ2n) is 5.63. The van der Waals surface area contributed by atoms with Crippen molar-refractivity contribution >= 4 is 11.6 Å². The second-order valence-corrected chi connectivity index (χ2v) is 5.63. The predicted molar refractivity (Wildman–Crippen MR) is 97.5 cm³/mol. The van der Waals surface area contributed by atoms with Gasteiger partial charge in [-0.05, 0) is 25.2 Å². The van der Waals surface area contributed by atoms with Crippen molar-refractivity contribution in [1.29, 1.82) is 0 Å². The molecular formula is C19H24N2O4. The largest absolute Gasteiger partial charge is 0.497 e. The minimum Gasteiger partial charge on any atom is -0.497 e. The van der Waals surface area contributed by atoms with E-state index in [1.807, 2.05) is 48.3 Å². The number of rotatable bonds is 8. The Hall–Kier alpha value is -2.73. The molecule has 25 heavy (non-hydrogen) atoms. The predicted octanol–water partition coefficient (Wildman–Crippen LogP) is 2.78. The number of hydrogen-bond donors (Lipinski definition) is 1. The SMILES string of the molecule is COc1cccc(NC(=O)CN(C)Cc2ccc(OC)cc2OC)c1. The van der Waals surface area contributed by atoms with Crippen molar-refractivity contribution in [3.8, 4) is 17.2 Å². The molecule has 6 heteroatoms. The van der Waals surface area contributed by atoms with Gasteiger partial charge in [0.1, 0.15) is 17.2 Å².